The van der Waals surface area contributed by atoms with Gasteiger partial charge in [-0.25, -0.2) is 4.98 Å². The number of hydrogen-bond donors (Lipinski definition) is 2. The van der Waals surface area contributed by atoms with Gasteiger partial charge in [-0.2, -0.15) is 0 Å². The quantitative estimate of drug-likeness (QED) is 0.860. The predicted octanol–water partition coefficient (Wildman–Crippen LogP) is 4.12. The van der Waals surface area contributed by atoms with Gasteiger partial charge in [0.1, 0.15) is 5.82 Å². The van der Waals surface area contributed by atoms with E-state index in [1.807, 2.05) is 6.92 Å². The first-order valence-corrected chi connectivity index (χ1v) is 6.97. The van der Waals surface area contributed by atoms with Gasteiger partial charge in [-0.1, -0.05) is 20.8 Å². The van der Waals surface area contributed by atoms with E-state index in [-0.39, 0.29) is 5.54 Å². The van der Waals surface area contributed by atoms with Crippen LogP contribution in [-0.2, 0) is 0 Å². The molecule has 0 amide bonds. The van der Waals surface area contributed by atoms with Crippen molar-refractivity contribution in [2.45, 2.75) is 52.5 Å². The fourth-order valence-electron chi connectivity index (χ4n) is 1.95. The second kappa shape index (κ2) is 5.71. The topological polar surface area (TPSA) is 50.9 Å². The SMILES string of the molecule is CCC(CC)(CC)Nc1ncc(N)c(C)c1Br. The zero-order valence-electron chi connectivity index (χ0n) is 11.1. The van der Waals surface area contributed by atoms with E-state index in [0.717, 1.165) is 40.8 Å². The van der Waals surface area contributed by atoms with Crippen molar-refractivity contribution in [3.8, 4) is 0 Å². The van der Waals surface area contributed by atoms with E-state index in [9.17, 15) is 0 Å². The molecule has 0 fully saturated rings. The van der Waals surface area contributed by atoms with E-state index in [1.54, 1.807) is 6.20 Å². The Morgan fingerprint density at radius 2 is 1.82 bits per heavy atom. The van der Waals surface area contributed by atoms with Crippen LogP contribution >= 0.6 is 15.9 Å². The molecule has 0 aliphatic carbocycles. The van der Waals surface area contributed by atoms with E-state index in [4.69, 9.17) is 5.73 Å². The number of aromatic nitrogens is 1. The van der Waals surface area contributed by atoms with Crippen molar-refractivity contribution in [3.05, 3.63) is 16.2 Å². The van der Waals surface area contributed by atoms with Gasteiger partial charge in [0.15, 0.2) is 0 Å². The molecular weight excluding hydrogens is 278 g/mol. The molecule has 0 aliphatic rings. The Labute approximate surface area is 112 Å². The molecule has 1 aromatic heterocycles. The molecule has 96 valence electrons. The number of hydrogen-bond acceptors (Lipinski definition) is 3. The average Bonchev–Trinajstić information content (AvgIpc) is 2.36. The van der Waals surface area contributed by atoms with Crippen LogP contribution in [0.4, 0.5) is 11.5 Å². The van der Waals surface area contributed by atoms with Crippen LogP contribution in [0, 0.1) is 6.92 Å². The molecule has 0 atom stereocenters. The molecule has 4 heteroatoms. The van der Waals surface area contributed by atoms with Crippen LogP contribution in [0.2, 0.25) is 0 Å². The Morgan fingerprint density at radius 3 is 2.29 bits per heavy atom. The Kier molecular flexibility index (Phi) is 4.80. The number of nitrogens with two attached hydrogens (primary N) is 1. The summed E-state index contributed by atoms with van der Waals surface area (Å²) in [6.07, 6.45) is 4.96. The monoisotopic (exact) mass is 299 g/mol. The first kappa shape index (κ1) is 14.3. The summed E-state index contributed by atoms with van der Waals surface area (Å²) in [5.41, 5.74) is 7.71. The van der Waals surface area contributed by atoms with Gasteiger partial charge >= 0.3 is 0 Å². The molecule has 0 saturated carbocycles. The molecule has 3 N–H and O–H groups in total. The third-order valence-electron chi connectivity index (χ3n) is 3.72. The first-order valence-electron chi connectivity index (χ1n) is 6.18. The fraction of sp³-hybridized carbons (Fsp3) is 0.615. The lowest BCUT2D eigenvalue weighted by Gasteiger charge is -2.33. The maximum absolute atomic E-state index is 5.83. The van der Waals surface area contributed by atoms with Gasteiger partial charge in [0.25, 0.3) is 0 Å². The molecule has 3 nitrogen and oxygen atoms in total. The highest BCUT2D eigenvalue weighted by atomic mass is 79.9. The van der Waals surface area contributed by atoms with Crippen molar-refractivity contribution in [2.24, 2.45) is 0 Å². The average molecular weight is 300 g/mol. The van der Waals surface area contributed by atoms with E-state index in [2.05, 4.69) is 47.0 Å². The normalized spacial score (nSPS) is 11.6. The minimum atomic E-state index is 0.123. The summed E-state index contributed by atoms with van der Waals surface area (Å²) in [6, 6.07) is 0. The lowest BCUT2D eigenvalue weighted by Crippen LogP contribution is -2.36. The van der Waals surface area contributed by atoms with Gasteiger partial charge < -0.3 is 11.1 Å². The number of nitrogen functional groups attached to an aromatic ring is 1. The van der Waals surface area contributed by atoms with Gasteiger partial charge in [0.05, 0.1) is 16.4 Å². The molecule has 0 unspecified atom stereocenters. The van der Waals surface area contributed by atoms with Gasteiger partial charge in [0.2, 0.25) is 0 Å². The number of rotatable bonds is 5. The van der Waals surface area contributed by atoms with E-state index in [1.165, 1.54) is 0 Å². The van der Waals surface area contributed by atoms with Crippen LogP contribution in [0.15, 0.2) is 10.7 Å². The van der Waals surface area contributed by atoms with Crippen molar-refractivity contribution < 1.29 is 0 Å². The molecule has 0 spiro atoms. The summed E-state index contributed by atoms with van der Waals surface area (Å²) in [4.78, 5) is 4.38. The lowest BCUT2D eigenvalue weighted by atomic mass is 9.90. The van der Waals surface area contributed by atoms with Crippen LogP contribution in [0.3, 0.4) is 0 Å². The highest BCUT2D eigenvalue weighted by molar-refractivity contribution is 9.10. The van der Waals surface area contributed by atoms with Gasteiger partial charge in [-0.05, 0) is 47.7 Å². The van der Waals surface area contributed by atoms with E-state index in [0.29, 0.717) is 0 Å². The smallest absolute Gasteiger partial charge is 0.141 e. The molecule has 0 radical (unpaired) electrons. The van der Waals surface area contributed by atoms with Gasteiger partial charge in [-0.3, -0.25) is 0 Å². The minimum absolute atomic E-state index is 0.123. The molecule has 1 rings (SSSR count). The Morgan fingerprint density at radius 1 is 1.29 bits per heavy atom. The number of nitrogens with zero attached hydrogens (tertiary/aromatic N) is 1. The maximum atomic E-state index is 5.83. The summed E-state index contributed by atoms with van der Waals surface area (Å²) in [5.74, 6) is 0.891. The van der Waals surface area contributed by atoms with Gasteiger partial charge in [-0.15, -0.1) is 0 Å². The molecular formula is C13H22BrN3. The summed E-state index contributed by atoms with van der Waals surface area (Å²) in [6.45, 7) is 8.62. The van der Waals surface area contributed by atoms with E-state index < -0.39 is 0 Å². The largest absolute Gasteiger partial charge is 0.397 e. The lowest BCUT2D eigenvalue weighted by molar-refractivity contribution is 0.418. The van der Waals surface area contributed by atoms with Crippen molar-refractivity contribution in [1.29, 1.82) is 0 Å². The van der Waals surface area contributed by atoms with Crippen molar-refractivity contribution in [2.75, 3.05) is 11.1 Å². The summed E-state index contributed by atoms with van der Waals surface area (Å²) in [5, 5.41) is 3.56. The Balaban J connectivity index is 3.06. The second-order valence-electron chi connectivity index (χ2n) is 4.47. The Hall–Kier alpha value is -0.770. The van der Waals surface area contributed by atoms with Crippen molar-refractivity contribution >= 4 is 27.4 Å². The summed E-state index contributed by atoms with van der Waals surface area (Å²) in [7, 11) is 0. The number of anilines is 2. The Bertz CT molecular complexity index is 378. The summed E-state index contributed by atoms with van der Waals surface area (Å²) >= 11 is 3.57. The maximum Gasteiger partial charge on any atom is 0.141 e. The first-order chi connectivity index (χ1) is 7.99. The van der Waals surface area contributed by atoms with Crippen LogP contribution in [0.1, 0.15) is 45.6 Å². The molecule has 1 heterocycles. The standard InChI is InChI=1S/C13H22BrN3/c1-5-13(6-2,7-3)17-12-11(14)9(4)10(15)8-16-12/h8H,5-7,15H2,1-4H3,(H,16,17). The van der Waals surface area contributed by atoms with Crippen LogP contribution in [0.5, 0.6) is 0 Å². The zero-order valence-corrected chi connectivity index (χ0v) is 12.7. The highest BCUT2D eigenvalue weighted by Crippen LogP contribution is 2.32. The molecule has 17 heavy (non-hydrogen) atoms. The van der Waals surface area contributed by atoms with Crippen molar-refractivity contribution in [3.63, 3.8) is 0 Å². The van der Waals surface area contributed by atoms with Crippen molar-refractivity contribution in [1.82, 2.24) is 4.98 Å². The molecule has 0 aromatic carbocycles. The van der Waals surface area contributed by atoms with E-state index >= 15 is 0 Å². The molecule has 0 saturated heterocycles. The summed E-state index contributed by atoms with van der Waals surface area (Å²) < 4.78 is 0.970. The molecule has 0 aliphatic heterocycles. The fourth-order valence-corrected chi connectivity index (χ4v) is 2.38. The highest BCUT2D eigenvalue weighted by Gasteiger charge is 2.25. The predicted molar refractivity (Wildman–Crippen MR) is 78.3 cm³/mol. The number of pyridine rings is 1. The van der Waals surface area contributed by atoms with Crippen LogP contribution < -0.4 is 11.1 Å². The van der Waals surface area contributed by atoms with Gasteiger partial charge in [0, 0.05) is 5.54 Å². The molecule has 0 bridgehead atoms. The van der Waals surface area contributed by atoms with Crippen LogP contribution in [-0.4, -0.2) is 10.5 Å². The second-order valence-corrected chi connectivity index (χ2v) is 5.26. The number of nitrogens with one attached hydrogen (secondary N) is 1. The third-order valence-corrected chi connectivity index (χ3v) is 4.69. The third kappa shape index (κ3) is 2.92. The zero-order chi connectivity index (χ0) is 13.1. The molecule has 1 aromatic rings. The minimum Gasteiger partial charge on any atom is -0.397 e. The number of halogens is 1. The van der Waals surface area contributed by atoms with Crippen LogP contribution in [0.25, 0.3) is 0 Å².